The van der Waals surface area contributed by atoms with Crippen LogP contribution in [0.1, 0.15) is 41.3 Å². The van der Waals surface area contributed by atoms with E-state index in [-0.39, 0.29) is 17.4 Å². The van der Waals surface area contributed by atoms with Crippen LogP contribution in [0.3, 0.4) is 0 Å². The maximum absolute atomic E-state index is 13.1. The minimum absolute atomic E-state index is 0.0448. The molecule has 1 unspecified atom stereocenters. The molecule has 3 aromatic heterocycles. The second-order valence-corrected chi connectivity index (χ2v) is 8.75. The topological polar surface area (TPSA) is 102 Å². The summed E-state index contributed by atoms with van der Waals surface area (Å²) in [4.78, 5) is 27.6. The van der Waals surface area contributed by atoms with Crippen molar-refractivity contribution >= 4 is 11.7 Å². The van der Waals surface area contributed by atoms with Gasteiger partial charge in [-0.2, -0.15) is 0 Å². The number of pyridine rings is 2. The minimum Gasteiger partial charge on any atom is -0.493 e. The van der Waals surface area contributed by atoms with Gasteiger partial charge in [0, 0.05) is 47.9 Å². The number of alkyl halides is 2. The highest BCUT2D eigenvalue weighted by Crippen LogP contribution is 2.37. The average Bonchev–Trinajstić information content (AvgIpc) is 3.39. The van der Waals surface area contributed by atoms with Gasteiger partial charge in [-0.3, -0.25) is 9.78 Å². The van der Waals surface area contributed by atoms with Crippen molar-refractivity contribution in [2.24, 2.45) is 0 Å². The van der Waals surface area contributed by atoms with E-state index in [0.29, 0.717) is 60.3 Å². The third-order valence-electron chi connectivity index (χ3n) is 6.33. The molecular formula is C26H21F2N5O3. The van der Waals surface area contributed by atoms with Crippen molar-refractivity contribution in [1.29, 1.82) is 0 Å². The first kappa shape index (κ1) is 22.1. The third-order valence-corrected chi connectivity index (χ3v) is 6.33. The highest BCUT2D eigenvalue weighted by Gasteiger charge is 2.25. The van der Waals surface area contributed by atoms with Crippen LogP contribution in [0.5, 0.6) is 17.2 Å². The molecule has 1 atom stereocenters. The molecule has 0 bridgehead atoms. The van der Waals surface area contributed by atoms with Gasteiger partial charge in [-0.15, -0.1) is 0 Å². The number of hydrogen-bond acceptors (Lipinski definition) is 6. The first-order chi connectivity index (χ1) is 17.5. The zero-order chi connectivity index (χ0) is 24.6. The van der Waals surface area contributed by atoms with E-state index >= 15 is 0 Å². The maximum Gasteiger partial charge on any atom is 0.265 e. The molecule has 0 aliphatic carbocycles. The zero-order valence-corrected chi connectivity index (χ0v) is 19.0. The summed E-state index contributed by atoms with van der Waals surface area (Å²) in [5.41, 5.74) is 2.78. The molecule has 2 aliphatic heterocycles. The summed E-state index contributed by atoms with van der Waals surface area (Å²) >= 11 is 0. The Morgan fingerprint density at radius 1 is 1.14 bits per heavy atom. The van der Waals surface area contributed by atoms with Crippen LogP contribution in [0.25, 0.3) is 11.3 Å². The molecule has 8 nitrogen and oxygen atoms in total. The van der Waals surface area contributed by atoms with Crippen LogP contribution in [0, 0.1) is 0 Å². The number of halogens is 2. The number of amides is 1. The number of imidazole rings is 1. The number of carbonyl (C=O) groups excluding carboxylic acids is 1. The van der Waals surface area contributed by atoms with E-state index in [1.165, 1.54) is 12.3 Å². The molecule has 0 spiro atoms. The summed E-state index contributed by atoms with van der Waals surface area (Å²) in [6.07, 6.45) is 5.02. The summed E-state index contributed by atoms with van der Waals surface area (Å²) in [6, 6.07) is 8.86. The van der Waals surface area contributed by atoms with Gasteiger partial charge in [0.2, 0.25) is 5.91 Å². The fraction of sp³-hybridized carbons (Fsp3) is 0.231. The SMILES string of the molecule is O=C1CCc2c(Oc3ccc4c(c3)CC(c3nc(-c5cncc(C(F)F)c5)c[nH]3)CO4)ccnc2N1. The number of fused-ring (bicyclic) bond motifs is 2. The number of H-pyrrole nitrogens is 1. The van der Waals surface area contributed by atoms with E-state index < -0.39 is 6.43 Å². The summed E-state index contributed by atoms with van der Waals surface area (Å²) in [5, 5.41) is 2.78. The van der Waals surface area contributed by atoms with Gasteiger partial charge in [0.15, 0.2) is 0 Å². The van der Waals surface area contributed by atoms with Gasteiger partial charge in [0.05, 0.1) is 18.2 Å². The first-order valence-electron chi connectivity index (χ1n) is 11.5. The number of benzene rings is 1. The van der Waals surface area contributed by atoms with Gasteiger partial charge in [-0.1, -0.05) is 0 Å². The normalized spacial score (nSPS) is 16.6. The molecule has 1 amide bonds. The molecule has 6 rings (SSSR count). The van der Waals surface area contributed by atoms with Crippen LogP contribution in [0.2, 0.25) is 0 Å². The molecule has 36 heavy (non-hydrogen) atoms. The standard InChI is InChI=1S/C26H21F2N5O3/c27-24(28)16-8-15(10-29-11-16)20-12-31-25(32-20)17-7-14-9-18(1-3-21(14)35-13-17)36-22-5-6-30-26-19(22)2-4-23(34)33-26/h1,3,5-6,8-12,17,24H,2,4,7,13H2,(H,31,32)(H,30,33,34). The fourth-order valence-corrected chi connectivity index (χ4v) is 4.50. The van der Waals surface area contributed by atoms with E-state index in [1.807, 2.05) is 18.2 Å². The van der Waals surface area contributed by atoms with Crippen molar-refractivity contribution in [3.63, 3.8) is 0 Å². The number of aromatic amines is 1. The summed E-state index contributed by atoms with van der Waals surface area (Å²) in [7, 11) is 0. The Hall–Kier alpha value is -4.34. The molecule has 2 aliphatic rings. The van der Waals surface area contributed by atoms with E-state index in [9.17, 15) is 13.6 Å². The lowest BCUT2D eigenvalue weighted by atomic mass is 9.96. The quantitative estimate of drug-likeness (QED) is 0.400. The number of anilines is 1. The Kier molecular flexibility index (Phi) is 5.55. The van der Waals surface area contributed by atoms with E-state index in [4.69, 9.17) is 9.47 Å². The van der Waals surface area contributed by atoms with E-state index in [0.717, 1.165) is 23.1 Å². The van der Waals surface area contributed by atoms with E-state index in [2.05, 4.69) is 25.3 Å². The molecule has 0 saturated heterocycles. The summed E-state index contributed by atoms with van der Waals surface area (Å²) < 4.78 is 38.3. The molecular weight excluding hydrogens is 468 g/mol. The number of nitrogens with one attached hydrogen (secondary N) is 2. The number of ether oxygens (including phenoxy) is 2. The Bertz CT molecular complexity index is 1460. The molecule has 5 heterocycles. The van der Waals surface area contributed by atoms with Gasteiger partial charge < -0.3 is 19.8 Å². The molecule has 4 aromatic rings. The third kappa shape index (κ3) is 4.26. The van der Waals surface area contributed by atoms with Crippen molar-refractivity contribution in [3.05, 3.63) is 77.6 Å². The molecule has 0 saturated carbocycles. The lowest BCUT2D eigenvalue weighted by Crippen LogP contribution is -2.20. The Morgan fingerprint density at radius 3 is 2.94 bits per heavy atom. The lowest BCUT2D eigenvalue weighted by molar-refractivity contribution is -0.116. The van der Waals surface area contributed by atoms with Crippen LogP contribution in [0.4, 0.5) is 14.6 Å². The number of nitrogens with zero attached hydrogens (tertiary/aromatic N) is 3. The largest absolute Gasteiger partial charge is 0.493 e. The van der Waals surface area contributed by atoms with Gasteiger partial charge >= 0.3 is 0 Å². The molecule has 10 heteroatoms. The predicted octanol–water partition coefficient (Wildman–Crippen LogP) is 5.20. The predicted molar refractivity (Wildman–Crippen MR) is 126 cm³/mol. The van der Waals surface area contributed by atoms with Crippen LogP contribution in [-0.2, 0) is 17.6 Å². The van der Waals surface area contributed by atoms with Crippen LogP contribution < -0.4 is 14.8 Å². The second kappa shape index (κ2) is 9.03. The number of carbonyl (C=O) groups is 1. The highest BCUT2D eigenvalue weighted by atomic mass is 19.3. The molecule has 2 N–H and O–H groups in total. The maximum atomic E-state index is 13.1. The minimum atomic E-state index is -2.59. The van der Waals surface area contributed by atoms with Gasteiger partial charge in [0.25, 0.3) is 6.43 Å². The van der Waals surface area contributed by atoms with Gasteiger partial charge in [-0.25, -0.2) is 18.7 Å². The smallest absolute Gasteiger partial charge is 0.265 e. The van der Waals surface area contributed by atoms with Crippen molar-refractivity contribution in [2.75, 3.05) is 11.9 Å². The number of aromatic nitrogens is 4. The van der Waals surface area contributed by atoms with Crippen molar-refractivity contribution in [3.8, 4) is 28.5 Å². The van der Waals surface area contributed by atoms with Crippen LogP contribution in [-0.4, -0.2) is 32.4 Å². The van der Waals surface area contributed by atoms with Crippen molar-refractivity contribution in [2.45, 2.75) is 31.6 Å². The van der Waals surface area contributed by atoms with Gasteiger partial charge in [-0.05, 0) is 48.7 Å². The Labute approximate surface area is 204 Å². The van der Waals surface area contributed by atoms with Gasteiger partial charge in [0.1, 0.15) is 28.9 Å². The Morgan fingerprint density at radius 2 is 2.06 bits per heavy atom. The molecule has 182 valence electrons. The average molecular weight is 489 g/mol. The number of rotatable bonds is 5. The van der Waals surface area contributed by atoms with Crippen molar-refractivity contribution < 1.29 is 23.0 Å². The molecule has 0 radical (unpaired) electrons. The summed E-state index contributed by atoms with van der Waals surface area (Å²) in [6.45, 7) is 0.438. The second-order valence-electron chi connectivity index (χ2n) is 8.75. The van der Waals surface area contributed by atoms with Crippen LogP contribution >= 0.6 is 0 Å². The van der Waals surface area contributed by atoms with Crippen LogP contribution in [0.15, 0.2) is 55.1 Å². The Balaban J connectivity index is 1.21. The molecule has 0 fully saturated rings. The zero-order valence-electron chi connectivity index (χ0n) is 19.0. The lowest BCUT2D eigenvalue weighted by Gasteiger charge is -2.25. The molecule has 1 aromatic carbocycles. The number of hydrogen-bond donors (Lipinski definition) is 2. The fourth-order valence-electron chi connectivity index (χ4n) is 4.50. The first-order valence-corrected chi connectivity index (χ1v) is 11.5. The van der Waals surface area contributed by atoms with Crippen molar-refractivity contribution in [1.82, 2.24) is 19.9 Å². The van der Waals surface area contributed by atoms with E-state index in [1.54, 1.807) is 18.5 Å². The highest BCUT2D eigenvalue weighted by molar-refractivity contribution is 5.93. The summed E-state index contributed by atoms with van der Waals surface area (Å²) in [5.74, 6) is 3.24. The monoisotopic (exact) mass is 489 g/mol.